The number of oxime groups is 1. The van der Waals surface area contributed by atoms with Crippen LogP contribution in [-0.4, -0.2) is 49.5 Å². The summed E-state index contributed by atoms with van der Waals surface area (Å²) in [6.07, 6.45) is 0. The molecule has 9 nitrogen and oxygen atoms in total. The number of nitrogens with one attached hydrogen (secondary N) is 3. The molecule has 2 aromatic carbocycles. The Morgan fingerprint density at radius 3 is 2.48 bits per heavy atom. The van der Waals surface area contributed by atoms with Gasteiger partial charge in [0, 0.05) is 15.7 Å². The maximum atomic E-state index is 15.2. The molecule has 0 aliphatic rings. The van der Waals surface area contributed by atoms with Gasteiger partial charge in [0.2, 0.25) is 0 Å². The van der Waals surface area contributed by atoms with Crippen molar-refractivity contribution in [3.05, 3.63) is 56.4 Å². The fraction of sp³-hybridized carbons (Fsp3) is 0.250. The molecule has 0 heterocycles. The molecule has 0 spiro atoms. The molecule has 0 radical (unpaired) electrons. The van der Waals surface area contributed by atoms with Gasteiger partial charge in [0.1, 0.15) is 12.9 Å². The average molecular weight is 580 g/mol. The van der Waals surface area contributed by atoms with Crippen LogP contribution in [0.3, 0.4) is 0 Å². The topological polar surface area (TPSA) is 121 Å². The second-order valence-electron chi connectivity index (χ2n) is 6.21. The van der Waals surface area contributed by atoms with Crippen molar-refractivity contribution < 1.29 is 37.5 Å². The number of amides is 2. The van der Waals surface area contributed by atoms with Crippen LogP contribution in [0.1, 0.15) is 22.8 Å². The van der Waals surface area contributed by atoms with E-state index in [0.29, 0.717) is 3.57 Å². The van der Waals surface area contributed by atoms with Gasteiger partial charge in [-0.05, 0) is 53.8 Å². The van der Waals surface area contributed by atoms with Gasteiger partial charge in [-0.2, -0.15) is 0 Å². The molecule has 0 aliphatic heterocycles. The SMILES string of the molecule is CCNC(=O)/C(=N/OC)c1cc(C(=O)NOCCO)c(Nc2ccc(I)cc2F)c(F)c1F. The Labute approximate surface area is 200 Å². The second-order valence-corrected chi connectivity index (χ2v) is 7.45. The molecule has 0 unspecified atom stereocenters. The molecule has 0 atom stereocenters. The molecule has 0 aliphatic carbocycles. The standard InChI is InChI=1S/C20H20F3IN4O5/c1-3-25-20(31)18(27-32-2)11-9-12(19(30)28-33-7-6-29)17(16(23)15(11)22)26-14-5-4-10(24)8-13(14)21/h4-5,8-9,26,29H,3,6-7H2,1-2H3,(H,25,31)(H,28,30)/b27-18+. The summed E-state index contributed by atoms with van der Waals surface area (Å²) in [6, 6.07) is 4.78. The van der Waals surface area contributed by atoms with Gasteiger partial charge in [0.05, 0.1) is 30.2 Å². The van der Waals surface area contributed by atoms with Gasteiger partial charge in [0.25, 0.3) is 11.8 Å². The Balaban J connectivity index is 2.67. The van der Waals surface area contributed by atoms with E-state index in [1.54, 1.807) is 6.92 Å². The molecule has 13 heteroatoms. The number of carbonyl (C=O) groups excluding carboxylic acids is 2. The molecular weight excluding hydrogens is 560 g/mol. The Morgan fingerprint density at radius 1 is 1.15 bits per heavy atom. The number of hydrogen-bond acceptors (Lipinski definition) is 7. The monoisotopic (exact) mass is 580 g/mol. The van der Waals surface area contributed by atoms with Gasteiger partial charge in [-0.25, -0.2) is 18.7 Å². The van der Waals surface area contributed by atoms with E-state index in [4.69, 9.17) is 9.94 Å². The molecule has 0 fully saturated rings. The minimum absolute atomic E-state index is 0.153. The number of nitrogens with zero attached hydrogens (tertiary/aromatic N) is 1. The van der Waals surface area contributed by atoms with Gasteiger partial charge in [-0.1, -0.05) is 5.16 Å². The minimum Gasteiger partial charge on any atom is -0.398 e. The van der Waals surface area contributed by atoms with Gasteiger partial charge in [0.15, 0.2) is 17.3 Å². The predicted octanol–water partition coefficient (Wildman–Crippen LogP) is 2.59. The fourth-order valence-corrected chi connectivity index (χ4v) is 3.04. The molecule has 178 valence electrons. The van der Waals surface area contributed by atoms with E-state index in [0.717, 1.165) is 19.2 Å². The van der Waals surface area contributed by atoms with Gasteiger partial charge >= 0.3 is 0 Å². The fourth-order valence-electron chi connectivity index (χ4n) is 2.59. The number of hydroxylamine groups is 1. The molecule has 0 aromatic heterocycles. The lowest BCUT2D eigenvalue weighted by Crippen LogP contribution is -2.33. The molecule has 0 saturated carbocycles. The average Bonchev–Trinajstić information content (AvgIpc) is 2.77. The third-order valence-electron chi connectivity index (χ3n) is 3.99. The van der Waals surface area contributed by atoms with Crippen LogP contribution in [0.15, 0.2) is 29.4 Å². The highest BCUT2D eigenvalue weighted by molar-refractivity contribution is 14.1. The highest BCUT2D eigenvalue weighted by atomic mass is 127. The Hall–Kier alpha value is -2.91. The summed E-state index contributed by atoms with van der Waals surface area (Å²) in [5.74, 6) is -5.84. The lowest BCUT2D eigenvalue weighted by molar-refractivity contribution is -0.114. The number of anilines is 2. The summed E-state index contributed by atoms with van der Waals surface area (Å²) in [6.45, 7) is 1.04. The normalized spacial score (nSPS) is 11.2. The quantitative estimate of drug-likeness (QED) is 0.149. The zero-order valence-electron chi connectivity index (χ0n) is 17.5. The van der Waals surface area contributed by atoms with Crippen LogP contribution in [0.2, 0.25) is 0 Å². The van der Waals surface area contributed by atoms with Gasteiger partial charge < -0.3 is 20.6 Å². The smallest absolute Gasteiger partial charge is 0.277 e. The van der Waals surface area contributed by atoms with Crippen molar-refractivity contribution in [1.29, 1.82) is 0 Å². The van der Waals surface area contributed by atoms with E-state index < -0.39 is 58.4 Å². The van der Waals surface area contributed by atoms with Crippen LogP contribution in [0.25, 0.3) is 0 Å². The lowest BCUT2D eigenvalue weighted by Gasteiger charge is -2.17. The van der Waals surface area contributed by atoms with Crippen LogP contribution in [0, 0.1) is 21.0 Å². The van der Waals surface area contributed by atoms with E-state index in [-0.39, 0.29) is 18.8 Å². The highest BCUT2D eigenvalue weighted by Crippen LogP contribution is 2.31. The minimum atomic E-state index is -1.58. The molecule has 0 saturated heterocycles. The number of carbonyl (C=O) groups is 2. The number of rotatable bonds is 10. The number of halogens is 4. The first-order valence-corrected chi connectivity index (χ1v) is 10.5. The number of aliphatic hydroxyl groups excluding tert-OH is 1. The second kappa shape index (κ2) is 12.4. The van der Waals surface area contributed by atoms with E-state index in [1.807, 2.05) is 28.1 Å². The third kappa shape index (κ3) is 6.55. The summed E-state index contributed by atoms with van der Waals surface area (Å²) in [5.41, 5.74) is -0.840. The van der Waals surface area contributed by atoms with Gasteiger partial charge in [-0.15, -0.1) is 0 Å². The molecule has 2 rings (SSSR count). The van der Waals surface area contributed by atoms with Crippen molar-refractivity contribution in [1.82, 2.24) is 10.8 Å². The first-order valence-electron chi connectivity index (χ1n) is 9.41. The zero-order chi connectivity index (χ0) is 24.5. The summed E-state index contributed by atoms with van der Waals surface area (Å²) < 4.78 is 45.1. The molecular formula is C20H20F3IN4O5. The van der Waals surface area contributed by atoms with E-state index in [9.17, 15) is 14.0 Å². The number of benzene rings is 2. The van der Waals surface area contributed by atoms with Crippen molar-refractivity contribution in [3.63, 3.8) is 0 Å². The van der Waals surface area contributed by atoms with Crippen LogP contribution in [-0.2, 0) is 14.5 Å². The predicted molar refractivity (Wildman–Crippen MR) is 121 cm³/mol. The first kappa shape index (κ1) is 26.3. The molecule has 33 heavy (non-hydrogen) atoms. The largest absolute Gasteiger partial charge is 0.398 e. The van der Waals surface area contributed by atoms with Crippen molar-refractivity contribution in [2.75, 3.05) is 32.2 Å². The van der Waals surface area contributed by atoms with Crippen LogP contribution < -0.4 is 16.1 Å². The van der Waals surface area contributed by atoms with Crippen LogP contribution in [0.4, 0.5) is 24.5 Å². The van der Waals surface area contributed by atoms with E-state index in [2.05, 4.69) is 20.6 Å². The summed E-state index contributed by atoms with van der Waals surface area (Å²) in [7, 11) is 1.10. The van der Waals surface area contributed by atoms with Crippen molar-refractivity contribution in [3.8, 4) is 0 Å². The Kier molecular flexibility index (Phi) is 9.87. The molecule has 2 amide bonds. The Bertz CT molecular complexity index is 1070. The maximum absolute atomic E-state index is 15.2. The van der Waals surface area contributed by atoms with E-state index >= 15 is 8.78 Å². The highest BCUT2D eigenvalue weighted by Gasteiger charge is 2.28. The summed E-state index contributed by atoms with van der Waals surface area (Å²) in [4.78, 5) is 34.3. The lowest BCUT2D eigenvalue weighted by atomic mass is 10.0. The molecule has 0 bridgehead atoms. The van der Waals surface area contributed by atoms with Gasteiger partial charge in [-0.3, -0.25) is 14.4 Å². The van der Waals surface area contributed by atoms with E-state index in [1.165, 1.54) is 12.1 Å². The molecule has 4 N–H and O–H groups in total. The van der Waals surface area contributed by atoms with Crippen molar-refractivity contribution >= 4 is 51.5 Å². The number of hydrogen-bond donors (Lipinski definition) is 4. The summed E-state index contributed by atoms with van der Waals surface area (Å²) in [5, 5.41) is 17.0. The van der Waals surface area contributed by atoms with Crippen molar-refractivity contribution in [2.24, 2.45) is 5.16 Å². The summed E-state index contributed by atoms with van der Waals surface area (Å²) >= 11 is 1.87. The number of aliphatic hydroxyl groups is 1. The van der Waals surface area contributed by atoms with Crippen LogP contribution >= 0.6 is 22.6 Å². The number of likely N-dealkylation sites (N-methyl/N-ethyl adjacent to an activating group) is 1. The maximum Gasteiger partial charge on any atom is 0.277 e. The third-order valence-corrected chi connectivity index (χ3v) is 4.66. The zero-order valence-corrected chi connectivity index (χ0v) is 19.6. The van der Waals surface area contributed by atoms with Crippen LogP contribution in [0.5, 0.6) is 0 Å². The Morgan fingerprint density at radius 2 is 1.88 bits per heavy atom. The van der Waals surface area contributed by atoms with Crippen molar-refractivity contribution in [2.45, 2.75) is 6.92 Å². The first-order chi connectivity index (χ1) is 15.7. The molecule has 2 aromatic rings.